The van der Waals surface area contributed by atoms with Crippen molar-refractivity contribution in [3.63, 3.8) is 0 Å². The van der Waals surface area contributed by atoms with E-state index in [0.717, 1.165) is 29.8 Å². The number of benzene rings is 1. The van der Waals surface area contributed by atoms with Gasteiger partial charge >= 0.3 is 0 Å². The minimum absolute atomic E-state index is 0.0873. The van der Waals surface area contributed by atoms with E-state index in [4.69, 9.17) is 0 Å². The number of hydrogen-bond acceptors (Lipinski definition) is 4. The highest BCUT2D eigenvalue weighted by molar-refractivity contribution is 7.80. The first-order valence-electron chi connectivity index (χ1n) is 7.25. The van der Waals surface area contributed by atoms with Gasteiger partial charge in [0, 0.05) is 30.8 Å². The minimum Gasteiger partial charge on any atom is -0.312 e. The Morgan fingerprint density at radius 2 is 2.19 bits per heavy atom. The number of carbonyl (C=O) groups excluding carboxylic acids is 1. The molecule has 1 aliphatic heterocycles. The predicted molar refractivity (Wildman–Crippen MR) is 86.0 cm³/mol. The van der Waals surface area contributed by atoms with Gasteiger partial charge in [0.1, 0.15) is 0 Å². The van der Waals surface area contributed by atoms with Gasteiger partial charge in [-0.2, -0.15) is 12.6 Å². The third-order valence-electron chi connectivity index (χ3n) is 3.98. The topological polar surface area (TPSA) is 63.5 Å². The van der Waals surface area contributed by atoms with E-state index in [1.165, 1.54) is 6.07 Å². The van der Waals surface area contributed by atoms with Crippen LogP contribution in [0.2, 0.25) is 0 Å². The molecule has 0 saturated heterocycles. The molecule has 0 saturated carbocycles. The second-order valence-corrected chi connectivity index (χ2v) is 5.75. The number of nitrogens with zero attached hydrogens (tertiary/aromatic N) is 2. The van der Waals surface area contributed by atoms with Crippen molar-refractivity contribution < 1.29 is 9.72 Å². The van der Waals surface area contributed by atoms with E-state index in [9.17, 15) is 14.9 Å². The molecule has 0 fully saturated rings. The smallest absolute Gasteiger partial charge is 0.269 e. The third-order valence-corrected chi connectivity index (χ3v) is 4.50. The predicted octanol–water partition coefficient (Wildman–Crippen LogP) is 3.22. The van der Waals surface area contributed by atoms with Gasteiger partial charge in [-0.25, -0.2) is 0 Å². The van der Waals surface area contributed by atoms with Gasteiger partial charge in [0.05, 0.1) is 4.92 Å². The van der Waals surface area contributed by atoms with Gasteiger partial charge in [0.15, 0.2) is 0 Å². The van der Waals surface area contributed by atoms with Crippen LogP contribution >= 0.6 is 12.6 Å². The standard InChI is InChI=1S/C15H20N2O3S/c1-2-11(10-21)9-16-14-7-6-13(17(19)20)8-12(14)4-3-5-15(16)18/h6-8,11,21H,2-5,9-10H2,1H3. The van der Waals surface area contributed by atoms with Crippen LogP contribution in [0, 0.1) is 16.0 Å². The summed E-state index contributed by atoms with van der Waals surface area (Å²) in [4.78, 5) is 24.6. The highest BCUT2D eigenvalue weighted by Crippen LogP contribution is 2.31. The minimum atomic E-state index is -0.389. The lowest BCUT2D eigenvalue weighted by Crippen LogP contribution is -2.35. The summed E-state index contributed by atoms with van der Waals surface area (Å²) in [6.07, 6.45) is 2.89. The number of nitro groups is 1. The fraction of sp³-hybridized carbons (Fsp3) is 0.533. The van der Waals surface area contributed by atoms with Crippen molar-refractivity contribution in [1.29, 1.82) is 0 Å². The fourth-order valence-electron chi connectivity index (χ4n) is 2.62. The second kappa shape index (κ2) is 6.93. The van der Waals surface area contributed by atoms with Crippen molar-refractivity contribution in [2.75, 3.05) is 17.2 Å². The lowest BCUT2D eigenvalue weighted by Gasteiger charge is -2.26. The van der Waals surface area contributed by atoms with E-state index in [2.05, 4.69) is 19.6 Å². The molecule has 0 aliphatic carbocycles. The van der Waals surface area contributed by atoms with E-state index < -0.39 is 0 Å². The molecule has 5 nitrogen and oxygen atoms in total. The third kappa shape index (κ3) is 3.56. The first-order chi connectivity index (χ1) is 10.1. The quantitative estimate of drug-likeness (QED) is 0.516. The van der Waals surface area contributed by atoms with Crippen molar-refractivity contribution in [3.05, 3.63) is 33.9 Å². The van der Waals surface area contributed by atoms with Crippen LogP contribution in [0.5, 0.6) is 0 Å². The maximum atomic E-state index is 12.3. The van der Waals surface area contributed by atoms with Crippen molar-refractivity contribution in [3.8, 4) is 0 Å². The molecule has 1 heterocycles. The summed E-state index contributed by atoms with van der Waals surface area (Å²) in [6.45, 7) is 2.71. The number of fused-ring (bicyclic) bond motifs is 1. The van der Waals surface area contributed by atoms with Gasteiger partial charge in [-0.3, -0.25) is 14.9 Å². The number of rotatable bonds is 5. The molecule has 1 aromatic carbocycles. The highest BCUT2D eigenvalue weighted by atomic mass is 32.1. The summed E-state index contributed by atoms with van der Waals surface area (Å²) < 4.78 is 0. The molecular formula is C15H20N2O3S. The largest absolute Gasteiger partial charge is 0.312 e. The number of hydrogen-bond donors (Lipinski definition) is 1. The maximum Gasteiger partial charge on any atom is 0.269 e. The Balaban J connectivity index is 2.37. The van der Waals surface area contributed by atoms with Crippen LogP contribution < -0.4 is 4.90 Å². The molecular weight excluding hydrogens is 288 g/mol. The molecule has 0 spiro atoms. The van der Waals surface area contributed by atoms with E-state index in [0.29, 0.717) is 25.3 Å². The summed E-state index contributed by atoms with van der Waals surface area (Å²) in [5, 5.41) is 10.9. The summed E-state index contributed by atoms with van der Waals surface area (Å²) in [5.41, 5.74) is 1.80. The molecule has 0 N–H and O–H groups in total. The normalized spacial score (nSPS) is 16.3. The highest BCUT2D eigenvalue weighted by Gasteiger charge is 2.25. The number of nitro benzene ring substituents is 1. The zero-order valence-electron chi connectivity index (χ0n) is 12.1. The van der Waals surface area contributed by atoms with Crippen LogP contribution in [-0.2, 0) is 11.2 Å². The van der Waals surface area contributed by atoms with E-state index in [1.807, 2.05) is 0 Å². The first kappa shape index (κ1) is 15.8. The van der Waals surface area contributed by atoms with Gasteiger partial charge in [-0.05, 0) is 36.1 Å². The molecule has 1 aromatic rings. The van der Waals surface area contributed by atoms with Crippen LogP contribution in [-0.4, -0.2) is 23.1 Å². The van der Waals surface area contributed by atoms with Gasteiger partial charge in [-0.15, -0.1) is 0 Å². The Hall–Kier alpha value is -1.56. The molecule has 114 valence electrons. The van der Waals surface area contributed by atoms with Crippen molar-refractivity contribution in [2.24, 2.45) is 5.92 Å². The molecule has 6 heteroatoms. The molecule has 0 bridgehead atoms. The summed E-state index contributed by atoms with van der Waals surface area (Å²) in [6, 6.07) is 4.79. The average Bonchev–Trinajstić information content (AvgIpc) is 2.63. The Morgan fingerprint density at radius 1 is 1.43 bits per heavy atom. The zero-order valence-corrected chi connectivity index (χ0v) is 13.0. The van der Waals surface area contributed by atoms with Gasteiger partial charge < -0.3 is 4.90 Å². The van der Waals surface area contributed by atoms with Crippen molar-refractivity contribution >= 4 is 29.9 Å². The van der Waals surface area contributed by atoms with Crippen molar-refractivity contribution in [2.45, 2.75) is 32.6 Å². The van der Waals surface area contributed by atoms with Gasteiger partial charge in [-0.1, -0.05) is 13.3 Å². The van der Waals surface area contributed by atoms with E-state index in [1.54, 1.807) is 17.0 Å². The first-order valence-corrected chi connectivity index (χ1v) is 7.88. The monoisotopic (exact) mass is 308 g/mol. The molecule has 2 rings (SSSR count). The number of anilines is 1. The molecule has 1 aliphatic rings. The molecule has 1 amide bonds. The Labute approximate surface area is 129 Å². The Kier molecular flexibility index (Phi) is 5.22. The molecule has 1 unspecified atom stereocenters. The molecule has 0 aromatic heterocycles. The molecule has 0 radical (unpaired) electrons. The zero-order chi connectivity index (χ0) is 15.4. The van der Waals surface area contributed by atoms with Gasteiger partial charge in [0.25, 0.3) is 5.69 Å². The van der Waals surface area contributed by atoms with Gasteiger partial charge in [0.2, 0.25) is 5.91 Å². The number of carbonyl (C=O) groups is 1. The average molecular weight is 308 g/mol. The van der Waals surface area contributed by atoms with Crippen LogP contribution in [0.15, 0.2) is 18.2 Å². The number of thiol groups is 1. The molecule has 1 atom stereocenters. The summed E-state index contributed by atoms with van der Waals surface area (Å²) >= 11 is 4.34. The van der Waals surface area contributed by atoms with Crippen LogP contribution in [0.4, 0.5) is 11.4 Å². The second-order valence-electron chi connectivity index (χ2n) is 5.38. The van der Waals surface area contributed by atoms with Crippen LogP contribution in [0.25, 0.3) is 0 Å². The Morgan fingerprint density at radius 3 is 2.81 bits per heavy atom. The number of non-ortho nitro benzene ring substituents is 1. The number of aryl methyl sites for hydroxylation is 1. The molecule has 21 heavy (non-hydrogen) atoms. The van der Waals surface area contributed by atoms with Crippen LogP contribution in [0.1, 0.15) is 31.7 Å². The lowest BCUT2D eigenvalue weighted by molar-refractivity contribution is -0.384. The van der Waals surface area contributed by atoms with E-state index in [-0.39, 0.29) is 16.5 Å². The fourth-order valence-corrected chi connectivity index (χ4v) is 3.00. The van der Waals surface area contributed by atoms with Crippen molar-refractivity contribution in [1.82, 2.24) is 0 Å². The lowest BCUT2D eigenvalue weighted by atomic mass is 10.1. The number of amides is 1. The summed E-state index contributed by atoms with van der Waals surface area (Å²) in [7, 11) is 0. The van der Waals surface area contributed by atoms with E-state index >= 15 is 0 Å². The SMILES string of the molecule is CCC(CS)CN1C(=O)CCCc2cc([N+](=O)[O-])ccc21. The Bertz CT molecular complexity index is 544. The summed E-state index contributed by atoms with van der Waals surface area (Å²) in [5.74, 6) is 1.16. The van der Waals surface area contributed by atoms with Crippen LogP contribution in [0.3, 0.4) is 0 Å². The maximum absolute atomic E-state index is 12.3.